The van der Waals surface area contributed by atoms with E-state index in [1.54, 1.807) is 0 Å². The van der Waals surface area contributed by atoms with E-state index in [4.69, 9.17) is 16.7 Å². The van der Waals surface area contributed by atoms with Gasteiger partial charge in [0, 0.05) is 13.0 Å². The van der Waals surface area contributed by atoms with E-state index in [1.165, 1.54) is 0 Å². The van der Waals surface area contributed by atoms with E-state index in [2.05, 4.69) is 20.9 Å². The third kappa shape index (κ3) is 1.54. The van der Waals surface area contributed by atoms with Crippen LogP contribution >= 0.6 is 27.5 Å². The minimum Gasteiger partial charge on any atom is -0.481 e. The van der Waals surface area contributed by atoms with Gasteiger partial charge in [0.2, 0.25) is 0 Å². The van der Waals surface area contributed by atoms with Gasteiger partial charge < -0.3 is 9.67 Å². The van der Waals surface area contributed by atoms with Crippen LogP contribution in [0.4, 0.5) is 0 Å². The first-order valence-electron chi connectivity index (χ1n) is 4.23. The molecule has 0 amide bonds. The monoisotopic (exact) mass is 278 g/mol. The van der Waals surface area contributed by atoms with Gasteiger partial charge in [-0.05, 0) is 22.4 Å². The number of nitrogens with zero attached hydrogens (tertiary/aromatic N) is 2. The van der Waals surface area contributed by atoms with Crippen molar-refractivity contribution in [1.29, 1.82) is 0 Å². The molecule has 2 rings (SSSR count). The molecule has 14 heavy (non-hydrogen) atoms. The molecule has 1 aromatic rings. The Labute approximate surface area is 94.0 Å². The zero-order chi connectivity index (χ0) is 10.3. The average Bonchev–Trinajstić information content (AvgIpc) is 2.42. The standard InChI is InChI=1S/C8H8BrClN2O2/c9-8-11-6(10)5-3-4(7(13)14)1-2-12(5)8/h4H,1-3H2,(H,13,14). The van der Waals surface area contributed by atoms with E-state index >= 15 is 0 Å². The Balaban J connectivity index is 2.34. The normalized spacial score (nSPS) is 20.6. The molecule has 0 fully saturated rings. The lowest BCUT2D eigenvalue weighted by molar-refractivity contribution is -0.142. The van der Waals surface area contributed by atoms with Crippen molar-refractivity contribution < 1.29 is 9.90 Å². The third-order valence-corrected chi connectivity index (χ3v) is 3.38. The van der Waals surface area contributed by atoms with Gasteiger partial charge in [-0.15, -0.1) is 0 Å². The van der Waals surface area contributed by atoms with Crippen molar-refractivity contribution in [2.24, 2.45) is 5.92 Å². The van der Waals surface area contributed by atoms with Gasteiger partial charge in [-0.2, -0.15) is 0 Å². The average molecular weight is 280 g/mol. The van der Waals surface area contributed by atoms with Gasteiger partial charge in [0.1, 0.15) is 0 Å². The molecule has 1 unspecified atom stereocenters. The topological polar surface area (TPSA) is 55.1 Å². The van der Waals surface area contributed by atoms with E-state index in [0.29, 0.717) is 29.3 Å². The van der Waals surface area contributed by atoms with Crippen LogP contribution in [0.25, 0.3) is 0 Å². The van der Waals surface area contributed by atoms with Crippen molar-refractivity contribution in [3.05, 3.63) is 15.6 Å². The van der Waals surface area contributed by atoms with Crippen molar-refractivity contribution >= 4 is 33.5 Å². The predicted molar refractivity (Wildman–Crippen MR) is 54.4 cm³/mol. The lowest BCUT2D eigenvalue weighted by Gasteiger charge is -2.20. The number of imidazole rings is 1. The summed E-state index contributed by atoms with van der Waals surface area (Å²) in [6.07, 6.45) is 1.10. The van der Waals surface area contributed by atoms with Crippen LogP contribution in [-0.4, -0.2) is 20.6 Å². The summed E-state index contributed by atoms with van der Waals surface area (Å²) in [5, 5.41) is 9.28. The molecule has 6 heteroatoms. The van der Waals surface area contributed by atoms with Crippen LogP contribution < -0.4 is 0 Å². The molecule has 1 aliphatic rings. The van der Waals surface area contributed by atoms with Gasteiger partial charge in [0.25, 0.3) is 0 Å². The summed E-state index contributed by atoms with van der Waals surface area (Å²) >= 11 is 9.16. The summed E-state index contributed by atoms with van der Waals surface area (Å²) in [5.41, 5.74) is 0.817. The number of halogens is 2. The largest absolute Gasteiger partial charge is 0.481 e. The fourth-order valence-electron chi connectivity index (χ4n) is 1.68. The summed E-state index contributed by atoms with van der Waals surface area (Å²) < 4.78 is 2.60. The van der Waals surface area contributed by atoms with Gasteiger partial charge in [0.05, 0.1) is 11.6 Å². The second kappa shape index (κ2) is 3.55. The summed E-state index contributed by atoms with van der Waals surface area (Å²) in [7, 11) is 0. The molecule has 0 bridgehead atoms. The molecular weight excluding hydrogens is 271 g/mol. The lowest BCUT2D eigenvalue weighted by Crippen LogP contribution is -2.25. The van der Waals surface area contributed by atoms with Crippen molar-refractivity contribution in [2.75, 3.05) is 0 Å². The number of aliphatic carboxylic acids is 1. The molecule has 0 radical (unpaired) electrons. The van der Waals surface area contributed by atoms with E-state index in [-0.39, 0.29) is 5.92 Å². The van der Waals surface area contributed by atoms with Gasteiger partial charge in [0.15, 0.2) is 9.89 Å². The quantitative estimate of drug-likeness (QED) is 0.855. The Morgan fingerprint density at radius 2 is 2.43 bits per heavy atom. The molecule has 4 nitrogen and oxygen atoms in total. The molecule has 1 aromatic heterocycles. The third-order valence-electron chi connectivity index (χ3n) is 2.47. The fourth-order valence-corrected chi connectivity index (χ4v) is 2.61. The van der Waals surface area contributed by atoms with Gasteiger partial charge >= 0.3 is 5.97 Å². The van der Waals surface area contributed by atoms with Crippen molar-refractivity contribution in [3.63, 3.8) is 0 Å². The molecule has 0 saturated carbocycles. The summed E-state index contributed by atoms with van der Waals surface area (Å²) in [6, 6.07) is 0. The van der Waals surface area contributed by atoms with Crippen molar-refractivity contribution in [3.8, 4) is 0 Å². The molecule has 0 spiro atoms. The van der Waals surface area contributed by atoms with E-state index < -0.39 is 5.97 Å². The molecular formula is C8H8BrClN2O2. The lowest BCUT2D eigenvalue weighted by atomic mass is 9.97. The molecule has 0 aliphatic carbocycles. The van der Waals surface area contributed by atoms with E-state index in [1.807, 2.05) is 4.57 Å². The Hall–Kier alpha value is -0.550. The zero-order valence-electron chi connectivity index (χ0n) is 7.20. The van der Waals surface area contributed by atoms with Gasteiger partial charge in [-0.3, -0.25) is 4.79 Å². The number of carboxylic acid groups (broad SMARTS) is 1. The molecule has 76 valence electrons. The first-order valence-corrected chi connectivity index (χ1v) is 5.40. The van der Waals surface area contributed by atoms with Crippen LogP contribution in [-0.2, 0) is 17.8 Å². The second-order valence-corrected chi connectivity index (χ2v) is 4.37. The maximum atomic E-state index is 10.8. The number of carboxylic acids is 1. The summed E-state index contributed by atoms with van der Waals surface area (Å²) in [5.74, 6) is -1.09. The number of hydrogen-bond donors (Lipinski definition) is 1. The Morgan fingerprint density at radius 3 is 3.07 bits per heavy atom. The molecule has 2 heterocycles. The number of hydrogen-bond acceptors (Lipinski definition) is 2. The van der Waals surface area contributed by atoms with Gasteiger partial charge in [-0.25, -0.2) is 4.98 Å². The van der Waals surface area contributed by atoms with Crippen LogP contribution in [0.1, 0.15) is 12.1 Å². The van der Waals surface area contributed by atoms with Crippen LogP contribution in [0.15, 0.2) is 4.73 Å². The Morgan fingerprint density at radius 1 is 1.71 bits per heavy atom. The smallest absolute Gasteiger partial charge is 0.306 e. The maximum absolute atomic E-state index is 10.8. The Bertz CT molecular complexity index is 391. The number of rotatable bonds is 1. The molecule has 1 atom stereocenters. The molecule has 0 saturated heterocycles. The maximum Gasteiger partial charge on any atom is 0.306 e. The number of aromatic nitrogens is 2. The van der Waals surface area contributed by atoms with E-state index in [9.17, 15) is 4.79 Å². The summed E-state index contributed by atoms with van der Waals surface area (Å²) in [6.45, 7) is 0.659. The number of fused-ring (bicyclic) bond motifs is 1. The zero-order valence-corrected chi connectivity index (χ0v) is 9.55. The van der Waals surface area contributed by atoms with Crippen LogP contribution in [0.3, 0.4) is 0 Å². The second-order valence-electron chi connectivity index (χ2n) is 3.30. The first kappa shape index (κ1) is 9.98. The van der Waals surface area contributed by atoms with Gasteiger partial charge in [-0.1, -0.05) is 11.6 Å². The molecule has 0 aromatic carbocycles. The molecule has 1 N–H and O–H groups in total. The predicted octanol–water partition coefficient (Wildman–Crippen LogP) is 1.95. The van der Waals surface area contributed by atoms with Crippen LogP contribution in [0, 0.1) is 5.92 Å². The first-order chi connectivity index (χ1) is 6.59. The van der Waals surface area contributed by atoms with Crippen molar-refractivity contribution in [2.45, 2.75) is 19.4 Å². The highest BCUT2D eigenvalue weighted by molar-refractivity contribution is 9.10. The highest BCUT2D eigenvalue weighted by Crippen LogP contribution is 2.29. The molecule has 1 aliphatic heterocycles. The van der Waals surface area contributed by atoms with Crippen LogP contribution in [0.5, 0.6) is 0 Å². The fraction of sp³-hybridized carbons (Fsp3) is 0.500. The van der Waals surface area contributed by atoms with E-state index in [0.717, 1.165) is 5.69 Å². The number of carbonyl (C=O) groups is 1. The minimum absolute atomic E-state index is 0.330. The highest BCUT2D eigenvalue weighted by atomic mass is 79.9. The summed E-state index contributed by atoms with van der Waals surface area (Å²) in [4.78, 5) is 14.8. The van der Waals surface area contributed by atoms with Crippen LogP contribution in [0.2, 0.25) is 5.15 Å². The SMILES string of the molecule is O=C(O)C1CCn2c(Br)nc(Cl)c2C1. The van der Waals surface area contributed by atoms with Crippen molar-refractivity contribution in [1.82, 2.24) is 9.55 Å². The highest BCUT2D eigenvalue weighted by Gasteiger charge is 2.28. The minimum atomic E-state index is -0.760. The Kier molecular flexibility index (Phi) is 2.53.